The lowest BCUT2D eigenvalue weighted by Gasteiger charge is -2.42. The first-order valence-electron chi connectivity index (χ1n) is 13.4. The number of aromatic nitrogens is 2. The van der Waals surface area contributed by atoms with Crippen molar-refractivity contribution in [2.24, 2.45) is 11.8 Å². The molecule has 0 radical (unpaired) electrons. The highest BCUT2D eigenvalue weighted by atomic mass is 16.6. The van der Waals surface area contributed by atoms with Crippen molar-refractivity contribution in [3.8, 4) is 0 Å². The highest BCUT2D eigenvalue weighted by Crippen LogP contribution is 2.27. The molecule has 2 atom stereocenters. The van der Waals surface area contributed by atoms with Crippen LogP contribution in [-0.4, -0.2) is 87.4 Å². The lowest BCUT2D eigenvalue weighted by Crippen LogP contribution is -2.57. The number of benzene rings is 1. The summed E-state index contributed by atoms with van der Waals surface area (Å²) >= 11 is 0. The van der Waals surface area contributed by atoms with Gasteiger partial charge in [0.05, 0.1) is 23.0 Å². The number of unbranched alkanes of at least 4 members (excludes halogenated alkanes) is 1. The van der Waals surface area contributed by atoms with Crippen LogP contribution in [0.1, 0.15) is 64.5 Å². The molecular formula is C28H42N4O6. The fraction of sp³-hybridized carbons (Fsp3) is 0.643. The summed E-state index contributed by atoms with van der Waals surface area (Å²) in [6.07, 6.45) is 1.34. The summed E-state index contributed by atoms with van der Waals surface area (Å²) in [7, 11) is 1.67. The predicted molar refractivity (Wildman–Crippen MR) is 144 cm³/mol. The van der Waals surface area contributed by atoms with E-state index in [1.165, 1.54) is 4.90 Å². The molecule has 2 amide bonds. The van der Waals surface area contributed by atoms with Gasteiger partial charge in [0.1, 0.15) is 5.60 Å². The zero-order chi connectivity index (χ0) is 28.0. The number of fused-ring (bicyclic) bond motifs is 1. The molecule has 0 bridgehead atoms. The number of aryl methyl sites for hydroxylation is 1. The van der Waals surface area contributed by atoms with Gasteiger partial charge in [0.25, 0.3) is 5.91 Å². The summed E-state index contributed by atoms with van der Waals surface area (Å²) in [5.74, 6) is -1.62. The van der Waals surface area contributed by atoms with Crippen molar-refractivity contribution in [3.63, 3.8) is 0 Å². The van der Waals surface area contributed by atoms with Crippen LogP contribution < -0.4 is 0 Å². The largest absolute Gasteiger partial charge is 0.481 e. The van der Waals surface area contributed by atoms with Gasteiger partial charge in [0, 0.05) is 39.9 Å². The van der Waals surface area contributed by atoms with E-state index in [4.69, 9.17) is 14.5 Å². The SMILES string of the molecule is COCCCCn1c(C(=O)N(CC(C)C)[C@H]2CC(C(=O)O)CN(C(=O)OC(C)(C)C)C2)nc2ccccc21. The number of ether oxygens (including phenoxy) is 2. The van der Waals surface area contributed by atoms with Crippen molar-refractivity contribution in [2.75, 3.05) is 33.4 Å². The zero-order valence-electron chi connectivity index (χ0n) is 23.5. The quantitative estimate of drug-likeness (QED) is 0.456. The molecule has 3 rings (SSSR count). The van der Waals surface area contributed by atoms with Crippen LogP contribution in [0.15, 0.2) is 24.3 Å². The van der Waals surface area contributed by atoms with Gasteiger partial charge in [-0.3, -0.25) is 9.59 Å². The van der Waals surface area contributed by atoms with Crippen molar-refractivity contribution < 1.29 is 29.0 Å². The molecule has 1 aromatic heterocycles. The van der Waals surface area contributed by atoms with Gasteiger partial charge in [-0.25, -0.2) is 9.78 Å². The molecule has 210 valence electrons. The zero-order valence-corrected chi connectivity index (χ0v) is 23.5. The molecule has 1 N–H and O–H groups in total. The van der Waals surface area contributed by atoms with E-state index in [0.717, 1.165) is 23.9 Å². The molecule has 10 heteroatoms. The van der Waals surface area contributed by atoms with Crippen LogP contribution >= 0.6 is 0 Å². The molecule has 38 heavy (non-hydrogen) atoms. The van der Waals surface area contributed by atoms with Crippen molar-refractivity contribution in [1.82, 2.24) is 19.4 Å². The molecule has 1 unspecified atom stereocenters. The maximum absolute atomic E-state index is 14.2. The number of carboxylic acid groups (broad SMARTS) is 1. The standard InChI is InChI=1S/C28H42N4O6/c1-19(2)16-32(21-15-20(26(34)35)17-30(18-21)27(36)38-28(3,4)5)25(33)24-29-22-11-7-8-12-23(22)31(24)13-9-10-14-37-6/h7-8,11-12,19-21H,9-10,13-18H2,1-6H3,(H,34,35)/t20?,21-/m0/s1. The molecule has 1 aliphatic heterocycles. The number of carboxylic acids is 1. The number of para-hydroxylation sites is 2. The number of carbonyl (C=O) groups excluding carboxylic acids is 2. The van der Waals surface area contributed by atoms with Crippen LogP contribution in [0, 0.1) is 11.8 Å². The second kappa shape index (κ2) is 12.6. The number of likely N-dealkylation sites (tertiary alicyclic amines) is 1. The molecule has 1 saturated heterocycles. The number of rotatable bonds is 10. The number of hydrogen-bond acceptors (Lipinski definition) is 6. The minimum Gasteiger partial charge on any atom is -0.481 e. The molecule has 0 spiro atoms. The van der Waals surface area contributed by atoms with Gasteiger partial charge in [0.2, 0.25) is 0 Å². The van der Waals surface area contributed by atoms with Crippen LogP contribution in [0.25, 0.3) is 11.0 Å². The van der Waals surface area contributed by atoms with Crippen molar-refractivity contribution in [1.29, 1.82) is 0 Å². The van der Waals surface area contributed by atoms with Gasteiger partial charge in [0.15, 0.2) is 5.82 Å². The molecule has 0 aliphatic carbocycles. The van der Waals surface area contributed by atoms with Gasteiger partial charge in [-0.05, 0) is 58.1 Å². The third kappa shape index (κ3) is 7.46. The number of piperidine rings is 1. The number of nitrogens with zero attached hydrogens (tertiary/aromatic N) is 4. The van der Waals surface area contributed by atoms with E-state index < -0.39 is 29.6 Å². The van der Waals surface area contributed by atoms with E-state index in [2.05, 4.69) is 0 Å². The minimum absolute atomic E-state index is 0.0441. The molecule has 2 heterocycles. The first kappa shape index (κ1) is 29.4. The first-order valence-corrected chi connectivity index (χ1v) is 13.4. The third-order valence-electron chi connectivity index (χ3n) is 6.52. The maximum Gasteiger partial charge on any atom is 0.410 e. The summed E-state index contributed by atoms with van der Waals surface area (Å²) in [4.78, 5) is 47.0. The summed E-state index contributed by atoms with van der Waals surface area (Å²) in [5, 5.41) is 9.88. The Bertz CT molecular complexity index is 1120. The van der Waals surface area contributed by atoms with Crippen LogP contribution in [-0.2, 0) is 20.8 Å². The maximum atomic E-state index is 14.2. The lowest BCUT2D eigenvalue weighted by atomic mass is 9.92. The smallest absolute Gasteiger partial charge is 0.410 e. The number of imidazole rings is 1. The molecule has 1 fully saturated rings. The average Bonchev–Trinajstić information content (AvgIpc) is 3.22. The Labute approximate surface area is 224 Å². The Hall–Kier alpha value is -3.14. The molecule has 10 nitrogen and oxygen atoms in total. The van der Waals surface area contributed by atoms with E-state index >= 15 is 0 Å². The molecular weight excluding hydrogens is 488 g/mol. The summed E-state index contributed by atoms with van der Waals surface area (Å²) in [6.45, 7) is 11.2. The van der Waals surface area contributed by atoms with Crippen LogP contribution in [0.4, 0.5) is 4.79 Å². The predicted octanol–water partition coefficient (Wildman–Crippen LogP) is 4.27. The Kier molecular flexibility index (Phi) is 9.76. The second-order valence-electron chi connectivity index (χ2n) is 11.4. The van der Waals surface area contributed by atoms with E-state index in [0.29, 0.717) is 25.5 Å². The van der Waals surface area contributed by atoms with Gasteiger partial charge in [-0.1, -0.05) is 26.0 Å². The number of aliphatic carboxylic acids is 1. The molecule has 1 aromatic carbocycles. The third-order valence-corrected chi connectivity index (χ3v) is 6.52. The fourth-order valence-corrected chi connectivity index (χ4v) is 4.85. The van der Waals surface area contributed by atoms with E-state index in [9.17, 15) is 19.5 Å². The molecule has 0 saturated carbocycles. The second-order valence-corrected chi connectivity index (χ2v) is 11.4. The Morgan fingerprint density at radius 3 is 2.50 bits per heavy atom. The van der Waals surface area contributed by atoms with Crippen molar-refractivity contribution >= 4 is 29.0 Å². The Balaban J connectivity index is 1.97. The van der Waals surface area contributed by atoms with E-state index in [1.807, 2.05) is 42.7 Å². The van der Waals surface area contributed by atoms with Crippen LogP contribution in [0.3, 0.4) is 0 Å². The summed E-state index contributed by atoms with van der Waals surface area (Å²) < 4.78 is 12.7. The number of methoxy groups -OCH3 is 1. The fourth-order valence-electron chi connectivity index (χ4n) is 4.85. The number of amides is 2. The van der Waals surface area contributed by atoms with E-state index in [1.54, 1.807) is 32.8 Å². The van der Waals surface area contributed by atoms with Crippen LogP contribution in [0.5, 0.6) is 0 Å². The molecule has 1 aliphatic rings. The summed E-state index contributed by atoms with van der Waals surface area (Å²) in [5.41, 5.74) is 0.888. The van der Waals surface area contributed by atoms with Crippen LogP contribution in [0.2, 0.25) is 0 Å². The van der Waals surface area contributed by atoms with Gasteiger partial charge >= 0.3 is 12.1 Å². The average molecular weight is 531 g/mol. The Morgan fingerprint density at radius 1 is 1.16 bits per heavy atom. The lowest BCUT2D eigenvalue weighted by molar-refractivity contribution is -0.144. The monoisotopic (exact) mass is 530 g/mol. The highest BCUT2D eigenvalue weighted by Gasteiger charge is 2.40. The van der Waals surface area contributed by atoms with Crippen molar-refractivity contribution in [3.05, 3.63) is 30.1 Å². The highest BCUT2D eigenvalue weighted by molar-refractivity contribution is 5.95. The summed E-state index contributed by atoms with van der Waals surface area (Å²) in [6, 6.07) is 7.16. The number of hydrogen-bond donors (Lipinski definition) is 1. The normalized spacial score (nSPS) is 18.1. The number of carbonyl (C=O) groups is 3. The van der Waals surface area contributed by atoms with Crippen molar-refractivity contribution in [2.45, 2.75) is 72.1 Å². The first-order chi connectivity index (χ1) is 17.9. The van der Waals surface area contributed by atoms with E-state index in [-0.39, 0.29) is 31.3 Å². The topological polar surface area (TPSA) is 114 Å². The Morgan fingerprint density at radius 2 is 1.87 bits per heavy atom. The van der Waals surface area contributed by atoms with Gasteiger partial charge in [-0.2, -0.15) is 0 Å². The van der Waals surface area contributed by atoms with Gasteiger partial charge in [-0.15, -0.1) is 0 Å². The molecule has 2 aromatic rings. The van der Waals surface area contributed by atoms with Gasteiger partial charge < -0.3 is 28.9 Å². The minimum atomic E-state index is -0.995.